The maximum Gasteiger partial charge on any atom is 0.251 e. The Morgan fingerprint density at radius 1 is 1.25 bits per heavy atom. The van der Waals surface area contributed by atoms with E-state index in [1.807, 2.05) is 13.8 Å². The predicted molar refractivity (Wildman–Crippen MR) is 56.7 cm³/mol. The van der Waals surface area contributed by atoms with Gasteiger partial charge in [0.15, 0.2) is 17.5 Å². The van der Waals surface area contributed by atoms with Gasteiger partial charge >= 0.3 is 0 Å². The standard InChI is InChI=1S/C11H15F3N2/c1-3-5-7(4-2)15-11-9(13)6-8(12)10(14)16-11/h6-7H,3-5H2,1-2H3,(H,15,16). The second kappa shape index (κ2) is 5.72. The van der Waals surface area contributed by atoms with Crippen LogP contribution in [0, 0.1) is 17.6 Å². The van der Waals surface area contributed by atoms with Crippen molar-refractivity contribution in [2.24, 2.45) is 0 Å². The van der Waals surface area contributed by atoms with Crippen LogP contribution in [-0.2, 0) is 0 Å². The minimum atomic E-state index is -1.28. The van der Waals surface area contributed by atoms with E-state index in [1.54, 1.807) is 0 Å². The fourth-order valence-electron chi connectivity index (χ4n) is 1.47. The van der Waals surface area contributed by atoms with Crippen molar-refractivity contribution in [2.45, 2.75) is 39.2 Å². The third-order valence-electron chi connectivity index (χ3n) is 2.36. The molecule has 0 aliphatic carbocycles. The lowest BCUT2D eigenvalue weighted by Crippen LogP contribution is -2.20. The normalized spacial score (nSPS) is 12.6. The van der Waals surface area contributed by atoms with E-state index in [2.05, 4.69) is 10.3 Å². The second-order valence-electron chi connectivity index (χ2n) is 3.63. The molecule has 1 atom stereocenters. The molecule has 1 N–H and O–H groups in total. The van der Waals surface area contributed by atoms with Gasteiger partial charge in [0.25, 0.3) is 5.95 Å². The van der Waals surface area contributed by atoms with Crippen molar-refractivity contribution in [3.63, 3.8) is 0 Å². The Balaban J connectivity index is 2.83. The summed E-state index contributed by atoms with van der Waals surface area (Å²) in [5, 5.41) is 2.77. The molecule has 5 heteroatoms. The van der Waals surface area contributed by atoms with Crippen LogP contribution < -0.4 is 5.32 Å². The van der Waals surface area contributed by atoms with E-state index in [4.69, 9.17) is 0 Å². The number of anilines is 1. The van der Waals surface area contributed by atoms with Crippen LogP contribution in [0.15, 0.2) is 6.07 Å². The maximum absolute atomic E-state index is 13.2. The Kier molecular flexibility index (Phi) is 4.58. The molecule has 2 nitrogen and oxygen atoms in total. The number of nitrogens with zero attached hydrogens (tertiary/aromatic N) is 1. The van der Waals surface area contributed by atoms with Gasteiger partial charge in [-0.3, -0.25) is 0 Å². The van der Waals surface area contributed by atoms with Crippen molar-refractivity contribution in [1.29, 1.82) is 0 Å². The molecule has 1 aromatic heterocycles. The smallest absolute Gasteiger partial charge is 0.251 e. The quantitative estimate of drug-likeness (QED) is 0.786. The first-order valence-corrected chi connectivity index (χ1v) is 5.36. The molecule has 16 heavy (non-hydrogen) atoms. The first-order valence-electron chi connectivity index (χ1n) is 5.36. The van der Waals surface area contributed by atoms with E-state index in [9.17, 15) is 13.2 Å². The molecule has 1 heterocycles. The molecule has 0 fully saturated rings. The molecular weight excluding hydrogens is 217 g/mol. The maximum atomic E-state index is 13.2. The summed E-state index contributed by atoms with van der Waals surface area (Å²) in [5.41, 5.74) is 0. The fraction of sp³-hybridized carbons (Fsp3) is 0.545. The molecule has 0 aliphatic rings. The van der Waals surface area contributed by atoms with Gasteiger partial charge in [-0.2, -0.15) is 9.37 Å². The summed E-state index contributed by atoms with van der Waals surface area (Å²) in [7, 11) is 0. The molecule has 90 valence electrons. The monoisotopic (exact) mass is 232 g/mol. The molecule has 1 unspecified atom stereocenters. The van der Waals surface area contributed by atoms with Crippen LogP contribution in [0.3, 0.4) is 0 Å². The number of halogens is 3. The first-order chi connectivity index (χ1) is 7.58. The van der Waals surface area contributed by atoms with E-state index >= 15 is 0 Å². The van der Waals surface area contributed by atoms with Crippen molar-refractivity contribution in [2.75, 3.05) is 5.32 Å². The van der Waals surface area contributed by atoms with E-state index in [0.717, 1.165) is 19.3 Å². The second-order valence-corrected chi connectivity index (χ2v) is 3.63. The van der Waals surface area contributed by atoms with Gasteiger partial charge < -0.3 is 5.32 Å². The van der Waals surface area contributed by atoms with Gasteiger partial charge in [0.1, 0.15) is 0 Å². The Labute approximate surface area is 92.9 Å². The third-order valence-corrected chi connectivity index (χ3v) is 2.36. The SMILES string of the molecule is CCCC(CC)Nc1nc(F)c(F)cc1F. The number of pyridine rings is 1. The van der Waals surface area contributed by atoms with Gasteiger partial charge in [0.2, 0.25) is 0 Å². The number of hydrogen-bond acceptors (Lipinski definition) is 2. The minimum Gasteiger partial charge on any atom is -0.365 e. The molecular formula is C11H15F3N2. The molecule has 0 saturated carbocycles. The van der Waals surface area contributed by atoms with E-state index in [-0.39, 0.29) is 11.9 Å². The Morgan fingerprint density at radius 3 is 2.50 bits per heavy atom. The Morgan fingerprint density at radius 2 is 1.94 bits per heavy atom. The highest BCUT2D eigenvalue weighted by Gasteiger charge is 2.14. The van der Waals surface area contributed by atoms with Crippen LogP contribution >= 0.6 is 0 Å². The van der Waals surface area contributed by atoms with Crippen molar-refractivity contribution in [1.82, 2.24) is 4.98 Å². The molecule has 1 aromatic rings. The lowest BCUT2D eigenvalue weighted by molar-refractivity contribution is 0.464. The minimum absolute atomic E-state index is 0.0249. The number of nitrogens with one attached hydrogen (secondary N) is 1. The van der Waals surface area contributed by atoms with Crippen LogP contribution in [0.25, 0.3) is 0 Å². The van der Waals surface area contributed by atoms with Crippen LogP contribution in [0.5, 0.6) is 0 Å². The van der Waals surface area contributed by atoms with Gasteiger partial charge in [-0.15, -0.1) is 0 Å². The average molecular weight is 232 g/mol. The van der Waals surface area contributed by atoms with Gasteiger partial charge in [-0.05, 0) is 12.8 Å². The summed E-state index contributed by atoms with van der Waals surface area (Å²) in [4.78, 5) is 3.21. The lowest BCUT2D eigenvalue weighted by Gasteiger charge is -2.17. The number of aromatic nitrogens is 1. The number of rotatable bonds is 5. The predicted octanol–water partition coefficient (Wildman–Crippen LogP) is 3.49. The van der Waals surface area contributed by atoms with Crippen LogP contribution in [0.1, 0.15) is 33.1 Å². The summed E-state index contributed by atoms with van der Waals surface area (Å²) in [6, 6.07) is 0.528. The highest BCUT2D eigenvalue weighted by atomic mass is 19.2. The lowest BCUT2D eigenvalue weighted by atomic mass is 10.1. The number of hydrogen-bond donors (Lipinski definition) is 1. The third kappa shape index (κ3) is 3.12. The van der Waals surface area contributed by atoms with Crippen LogP contribution in [0.2, 0.25) is 0 Å². The average Bonchev–Trinajstić information content (AvgIpc) is 2.25. The molecule has 0 radical (unpaired) electrons. The summed E-state index contributed by atoms with van der Waals surface area (Å²) in [6.45, 7) is 3.94. The summed E-state index contributed by atoms with van der Waals surface area (Å²) in [6.07, 6.45) is 2.53. The molecule has 0 bridgehead atoms. The van der Waals surface area contributed by atoms with Gasteiger partial charge in [-0.25, -0.2) is 8.78 Å². The summed E-state index contributed by atoms with van der Waals surface area (Å²) in [5.74, 6) is -3.64. The Hall–Kier alpha value is -1.26. The van der Waals surface area contributed by atoms with Crippen molar-refractivity contribution in [3.8, 4) is 0 Å². The van der Waals surface area contributed by atoms with Crippen molar-refractivity contribution < 1.29 is 13.2 Å². The molecule has 0 saturated heterocycles. The van der Waals surface area contributed by atoms with E-state index in [1.165, 1.54) is 0 Å². The van der Waals surface area contributed by atoms with Gasteiger partial charge in [0.05, 0.1) is 0 Å². The van der Waals surface area contributed by atoms with Gasteiger partial charge in [-0.1, -0.05) is 20.3 Å². The summed E-state index contributed by atoms with van der Waals surface area (Å²) >= 11 is 0. The molecule has 0 amide bonds. The topological polar surface area (TPSA) is 24.9 Å². The zero-order valence-electron chi connectivity index (χ0n) is 9.36. The first kappa shape index (κ1) is 12.8. The van der Waals surface area contributed by atoms with E-state index < -0.39 is 17.6 Å². The fourth-order valence-corrected chi connectivity index (χ4v) is 1.47. The molecule has 0 aromatic carbocycles. The largest absolute Gasteiger partial charge is 0.365 e. The molecule has 0 spiro atoms. The zero-order chi connectivity index (χ0) is 12.1. The van der Waals surface area contributed by atoms with Crippen LogP contribution in [0.4, 0.5) is 19.0 Å². The summed E-state index contributed by atoms with van der Waals surface area (Å²) < 4.78 is 38.7. The highest BCUT2D eigenvalue weighted by molar-refractivity contribution is 5.37. The van der Waals surface area contributed by atoms with E-state index in [0.29, 0.717) is 6.07 Å². The van der Waals surface area contributed by atoms with Crippen molar-refractivity contribution in [3.05, 3.63) is 23.6 Å². The molecule has 0 aliphatic heterocycles. The Bertz CT molecular complexity index is 355. The zero-order valence-corrected chi connectivity index (χ0v) is 9.36. The van der Waals surface area contributed by atoms with Crippen molar-refractivity contribution >= 4 is 5.82 Å². The molecule has 1 rings (SSSR count). The van der Waals surface area contributed by atoms with Gasteiger partial charge in [0, 0.05) is 12.1 Å². The highest BCUT2D eigenvalue weighted by Crippen LogP contribution is 2.17. The van der Waals surface area contributed by atoms with Crippen LogP contribution in [-0.4, -0.2) is 11.0 Å².